The number of nitrogens with zero attached hydrogens (tertiary/aromatic N) is 1. The molecule has 1 aliphatic rings. The van der Waals surface area contributed by atoms with Gasteiger partial charge in [0.15, 0.2) is 5.54 Å². The normalized spacial score (nSPS) is 29.1. The highest BCUT2D eigenvalue weighted by Crippen LogP contribution is 2.26. The molecule has 2 atom stereocenters. The summed E-state index contributed by atoms with van der Waals surface area (Å²) >= 11 is 0. The van der Waals surface area contributed by atoms with Gasteiger partial charge in [0.2, 0.25) is 0 Å². The van der Waals surface area contributed by atoms with E-state index in [1.54, 1.807) is 20.8 Å². The third-order valence-electron chi connectivity index (χ3n) is 3.07. The predicted molar refractivity (Wildman–Crippen MR) is 66.4 cm³/mol. The van der Waals surface area contributed by atoms with Crippen molar-refractivity contribution >= 4 is 12.1 Å². The van der Waals surface area contributed by atoms with Crippen LogP contribution in [0.25, 0.3) is 0 Å². The molecule has 0 aromatic carbocycles. The van der Waals surface area contributed by atoms with Crippen molar-refractivity contribution in [3.8, 4) is 0 Å². The Kier molecular flexibility index (Phi) is 3.90. The van der Waals surface area contributed by atoms with Gasteiger partial charge in [0.05, 0.1) is 0 Å². The van der Waals surface area contributed by atoms with Crippen LogP contribution in [0.2, 0.25) is 0 Å². The van der Waals surface area contributed by atoms with Crippen LogP contribution in [-0.4, -0.2) is 52.8 Å². The summed E-state index contributed by atoms with van der Waals surface area (Å²) in [6.07, 6.45) is -0.315. The molecule has 0 radical (unpaired) electrons. The lowest BCUT2D eigenvalue weighted by Crippen LogP contribution is -2.57. The maximum atomic E-state index is 11.7. The van der Waals surface area contributed by atoms with Gasteiger partial charge in [-0.2, -0.15) is 0 Å². The van der Waals surface area contributed by atoms with Gasteiger partial charge >= 0.3 is 12.1 Å². The van der Waals surface area contributed by atoms with E-state index in [0.717, 1.165) is 0 Å². The van der Waals surface area contributed by atoms with Gasteiger partial charge in [-0.05, 0) is 41.2 Å². The van der Waals surface area contributed by atoms with E-state index in [0.29, 0.717) is 6.42 Å². The average molecular weight is 258 g/mol. The van der Waals surface area contributed by atoms with Crippen LogP contribution in [0.4, 0.5) is 4.79 Å². The monoisotopic (exact) mass is 258 g/mol. The van der Waals surface area contributed by atoms with E-state index in [9.17, 15) is 14.7 Å². The second kappa shape index (κ2) is 4.76. The van der Waals surface area contributed by atoms with Crippen LogP contribution in [0.15, 0.2) is 0 Å². The van der Waals surface area contributed by atoms with Gasteiger partial charge in [-0.3, -0.25) is 0 Å². The number of aliphatic carboxylic acids is 1. The number of carbonyl (C=O) groups excluding carboxylic acids is 1. The SMILES string of the molecule is CC1CC(NC(=O)OC(C)(C)C)(C(=O)O)CN1C. The number of likely N-dealkylation sites (N-methyl/N-ethyl adjacent to an activating group) is 1. The van der Waals surface area contributed by atoms with Crippen LogP contribution in [0.3, 0.4) is 0 Å². The second-order valence-electron chi connectivity index (χ2n) is 5.98. The Balaban J connectivity index is 2.77. The second-order valence-corrected chi connectivity index (χ2v) is 5.98. The summed E-state index contributed by atoms with van der Waals surface area (Å²) in [4.78, 5) is 25.0. The maximum Gasteiger partial charge on any atom is 0.408 e. The number of hydrogen-bond acceptors (Lipinski definition) is 4. The molecule has 1 rings (SSSR count). The number of hydrogen-bond donors (Lipinski definition) is 2. The fourth-order valence-corrected chi connectivity index (χ4v) is 2.10. The van der Waals surface area contributed by atoms with Crippen LogP contribution >= 0.6 is 0 Å². The molecule has 1 amide bonds. The molecule has 0 bridgehead atoms. The lowest BCUT2D eigenvalue weighted by molar-refractivity contribution is -0.144. The molecule has 6 nitrogen and oxygen atoms in total. The quantitative estimate of drug-likeness (QED) is 0.774. The molecule has 0 saturated carbocycles. The number of amides is 1. The maximum absolute atomic E-state index is 11.7. The topological polar surface area (TPSA) is 78.9 Å². The van der Waals surface area contributed by atoms with Gasteiger partial charge in [0, 0.05) is 12.6 Å². The van der Waals surface area contributed by atoms with Gasteiger partial charge in [0.25, 0.3) is 0 Å². The summed E-state index contributed by atoms with van der Waals surface area (Å²) in [5.41, 5.74) is -1.89. The molecule has 6 heteroatoms. The highest BCUT2D eigenvalue weighted by molar-refractivity contribution is 5.85. The Morgan fingerprint density at radius 2 is 2.00 bits per heavy atom. The van der Waals surface area contributed by atoms with Crippen LogP contribution in [0, 0.1) is 0 Å². The summed E-state index contributed by atoms with van der Waals surface area (Å²) < 4.78 is 5.11. The highest BCUT2D eigenvalue weighted by Gasteiger charge is 2.48. The zero-order valence-corrected chi connectivity index (χ0v) is 11.6. The van der Waals surface area contributed by atoms with Gasteiger partial charge in [0.1, 0.15) is 5.60 Å². The van der Waals surface area contributed by atoms with E-state index in [2.05, 4.69) is 5.32 Å². The molecule has 1 heterocycles. The lowest BCUT2D eigenvalue weighted by Gasteiger charge is -2.27. The van der Waals surface area contributed by atoms with Crippen LogP contribution in [0.5, 0.6) is 0 Å². The predicted octanol–water partition coefficient (Wildman–Crippen LogP) is 1.06. The smallest absolute Gasteiger partial charge is 0.408 e. The Hall–Kier alpha value is -1.30. The molecule has 1 saturated heterocycles. The van der Waals surface area contributed by atoms with E-state index in [1.807, 2.05) is 18.9 Å². The summed E-state index contributed by atoms with van der Waals surface area (Å²) in [7, 11) is 1.84. The summed E-state index contributed by atoms with van der Waals surface area (Å²) in [5, 5.41) is 11.9. The van der Waals surface area contributed by atoms with E-state index < -0.39 is 23.2 Å². The van der Waals surface area contributed by atoms with E-state index in [4.69, 9.17) is 4.74 Å². The van der Waals surface area contributed by atoms with Crippen molar-refractivity contribution in [2.24, 2.45) is 0 Å². The third kappa shape index (κ3) is 3.35. The van der Waals surface area contributed by atoms with Crippen molar-refractivity contribution in [2.45, 2.75) is 51.3 Å². The molecule has 1 aliphatic heterocycles. The average Bonchev–Trinajstić information content (AvgIpc) is 2.39. The first-order chi connectivity index (χ1) is 8.06. The zero-order chi connectivity index (χ0) is 14.1. The summed E-state index contributed by atoms with van der Waals surface area (Å²) in [6, 6.07) is 0.107. The van der Waals surface area contributed by atoms with Crippen LogP contribution in [-0.2, 0) is 9.53 Å². The van der Waals surface area contributed by atoms with Crippen molar-refractivity contribution in [2.75, 3.05) is 13.6 Å². The molecule has 0 aromatic heterocycles. The molecule has 104 valence electrons. The van der Waals surface area contributed by atoms with E-state index in [-0.39, 0.29) is 12.6 Å². The van der Waals surface area contributed by atoms with Crippen LogP contribution in [0.1, 0.15) is 34.1 Å². The molecule has 0 spiro atoms. The minimum Gasteiger partial charge on any atom is -0.479 e. The fourth-order valence-electron chi connectivity index (χ4n) is 2.10. The minimum atomic E-state index is -1.25. The number of rotatable bonds is 2. The fraction of sp³-hybridized carbons (Fsp3) is 0.833. The van der Waals surface area contributed by atoms with Crippen molar-refractivity contribution in [3.05, 3.63) is 0 Å². The zero-order valence-electron chi connectivity index (χ0n) is 11.6. The van der Waals surface area contributed by atoms with Gasteiger partial charge < -0.3 is 20.1 Å². The van der Waals surface area contributed by atoms with E-state index >= 15 is 0 Å². The number of carboxylic acid groups (broad SMARTS) is 1. The Bertz CT molecular complexity index is 338. The highest BCUT2D eigenvalue weighted by atomic mass is 16.6. The molecule has 0 aliphatic carbocycles. The van der Waals surface area contributed by atoms with Crippen molar-refractivity contribution < 1.29 is 19.4 Å². The first-order valence-electron chi connectivity index (χ1n) is 6.00. The van der Waals surface area contributed by atoms with Gasteiger partial charge in [-0.15, -0.1) is 0 Å². The summed E-state index contributed by atoms with van der Waals surface area (Å²) in [5.74, 6) is -1.02. The first kappa shape index (κ1) is 14.8. The minimum absolute atomic E-state index is 0.107. The largest absolute Gasteiger partial charge is 0.479 e. The first-order valence-corrected chi connectivity index (χ1v) is 6.00. The molecular formula is C12H22N2O4. The Morgan fingerprint density at radius 3 is 2.33 bits per heavy atom. The van der Waals surface area contributed by atoms with Crippen molar-refractivity contribution in [1.82, 2.24) is 10.2 Å². The van der Waals surface area contributed by atoms with Crippen molar-refractivity contribution in [1.29, 1.82) is 0 Å². The van der Waals surface area contributed by atoms with Gasteiger partial charge in [-0.25, -0.2) is 9.59 Å². The Morgan fingerprint density at radius 1 is 1.44 bits per heavy atom. The molecule has 1 fully saturated rings. The lowest BCUT2D eigenvalue weighted by atomic mass is 9.97. The number of likely N-dealkylation sites (tertiary alicyclic amines) is 1. The Labute approximate surface area is 107 Å². The molecular weight excluding hydrogens is 236 g/mol. The molecule has 2 N–H and O–H groups in total. The standard InChI is InChI=1S/C12H22N2O4/c1-8-6-12(9(15)16,7-14(8)5)13-10(17)18-11(2,3)4/h8H,6-7H2,1-5H3,(H,13,17)(H,15,16). The van der Waals surface area contributed by atoms with Crippen LogP contribution < -0.4 is 5.32 Å². The number of alkyl carbamates (subject to hydrolysis) is 1. The molecule has 0 aromatic rings. The summed E-state index contributed by atoms with van der Waals surface area (Å²) in [6.45, 7) is 7.43. The number of carbonyl (C=O) groups is 2. The number of carboxylic acids is 1. The molecule has 2 unspecified atom stereocenters. The number of nitrogens with one attached hydrogen (secondary N) is 1. The van der Waals surface area contributed by atoms with Crippen molar-refractivity contribution in [3.63, 3.8) is 0 Å². The third-order valence-corrected chi connectivity index (χ3v) is 3.07. The van der Waals surface area contributed by atoms with E-state index in [1.165, 1.54) is 0 Å². The van der Waals surface area contributed by atoms with Gasteiger partial charge in [-0.1, -0.05) is 0 Å². The molecule has 18 heavy (non-hydrogen) atoms. The number of ether oxygens (including phenoxy) is 1.